The smallest absolute Gasteiger partial charge is 0.307 e. The zero-order valence-corrected chi connectivity index (χ0v) is 17.5. The number of hydrogen-bond acceptors (Lipinski definition) is 5. The first-order valence-corrected chi connectivity index (χ1v) is 10.0. The summed E-state index contributed by atoms with van der Waals surface area (Å²) in [5.41, 5.74) is 9.62. The van der Waals surface area contributed by atoms with E-state index in [0.29, 0.717) is 5.69 Å². The summed E-state index contributed by atoms with van der Waals surface area (Å²) in [5.74, 6) is -0.691. The Kier molecular flexibility index (Phi) is 5.74. The molecule has 0 radical (unpaired) electrons. The zero-order chi connectivity index (χ0) is 19.6. The van der Waals surface area contributed by atoms with Crippen LogP contribution in [0.2, 0.25) is 0 Å². The van der Waals surface area contributed by atoms with Crippen molar-refractivity contribution in [3.63, 3.8) is 0 Å². The molecule has 142 valence electrons. The number of fused-ring (bicyclic) bond motifs is 3. The maximum absolute atomic E-state index is 12.5. The predicted molar refractivity (Wildman–Crippen MR) is 112 cm³/mol. The topological polar surface area (TPSA) is 78.6 Å². The summed E-state index contributed by atoms with van der Waals surface area (Å²) in [7, 11) is 0. The maximum atomic E-state index is 12.5. The summed E-state index contributed by atoms with van der Waals surface area (Å²) < 4.78 is 11.5. The first-order valence-electron chi connectivity index (χ1n) is 8.93. The first-order chi connectivity index (χ1) is 12.9. The summed E-state index contributed by atoms with van der Waals surface area (Å²) in [6, 6.07) is 11.7. The lowest BCUT2D eigenvalue weighted by atomic mass is 9.72. The Morgan fingerprint density at radius 3 is 2.00 bits per heavy atom. The molecule has 0 saturated heterocycles. The number of esters is 2. The molecule has 2 aromatic rings. The Labute approximate surface area is 172 Å². The number of hydrogen-bond donors (Lipinski definition) is 1. The number of benzene rings is 2. The highest BCUT2D eigenvalue weighted by atomic mass is 127. The van der Waals surface area contributed by atoms with Crippen LogP contribution >= 0.6 is 22.6 Å². The van der Waals surface area contributed by atoms with Crippen LogP contribution in [0.15, 0.2) is 36.4 Å². The van der Waals surface area contributed by atoms with Gasteiger partial charge >= 0.3 is 11.9 Å². The summed E-state index contributed by atoms with van der Waals surface area (Å²) in [6.45, 7) is 4.12. The molecule has 6 heteroatoms. The lowest BCUT2D eigenvalue weighted by molar-refractivity contribution is -0.147. The van der Waals surface area contributed by atoms with Crippen molar-refractivity contribution in [3.05, 3.63) is 51.1 Å². The highest BCUT2D eigenvalue weighted by molar-refractivity contribution is 14.1. The van der Waals surface area contributed by atoms with Gasteiger partial charge in [0.15, 0.2) is 0 Å². The quantitative estimate of drug-likeness (QED) is 0.385. The van der Waals surface area contributed by atoms with E-state index in [1.807, 2.05) is 36.4 Å². The van der Waals surface area contributed by atoms with Crippen LogP contribution in [-0.4, -0.2) is 25.2 Å². The fourth-order valence-electron chi connectivity index (χ4n) is 3.85. The zero-order valence-electron chi connectivity index (χ0n) is 15.4. The van der Waals surface area contributed by atoms with Crippen LogP contribution in [0.3, 0.4) is 0 Å². The second-order valence-electron chi connectivity index (χ2n) is 6.54. The molecule has 5 nitrogen and oxygen atoms in total. The molecule has 2 N–H and O–H groups in total. The van der Waals surface area contributed by atoms with Crippen molar-refractivity contribution in [1.29, 1.82) is 0 Å². The van der Waals surface area contributed by atoms with Gasteiger partial charge < -0.3 is 15.2 Å². The Hall–Kier alpha value is -2.09. The Morgan fingerprint density at radius 1 is 0.926 bits per heavy atom. The molecular weight excluding hydrogens is 457 g/mol. The molecular formula is C21H22INO4. The van der Waals surface area contributed by atoms with Gasteiger partial charge in [0.2, 0.25) is 0 Å². The number of halogens is 1. The van der Waals surface area contributed by atoms with Crippen molar-refractivity contribution in [2.45, 2.75) is 32.1 Å². The molecule has 27 heavy (non-hydrogen) atoms. The van der Waals surface area contributed by atoms with Crippen LogP contribution in [0.5, 0.6) is 0 Å². The highest BCUT2D eigenvalue weighted by Crippen LogP contribution is 2.53. The number of nitrogens with two attached hydrogens (primary N) is 1. The average molecular weight is 479 g/mol. The fourth-order valence-corrected chi connectivity index (χ4v) is 4.34. The summed E-state index contributed by atoms with van der Waals surface area (Å²) >= 11 is 2.24. The molecule has 0 aromatic heterocycles. The minimum absolute atomic E-state index is 0.0587. The fraction of sp³-hybridized carbons (Fsp3) is 0.333. The lowest BCUT2D eigenvalue weighted by Crippen LogP contribution is -2.33. The van der Waals surface area contributed by atoms with Gasteiger partial charge in [0, 0.05) is 14.7 Å². The van der Waals surface area contributed by atoms with E-state index >= 15 is 0 Å². The van der Waals surface area contributed by atoms with Gasteiger partial charge in [0.25, 0.3) is 0 Å². The highest BCUT2D eigenvalue weighted by Gasteiger charge is 2.47. The molecule has 2 aromatic carbocycles. The van der Waals surface area contributed by atoms with Gasteiger partial charge in [-0.1, -0.05) is 12.1 Å². The summed E-state index contributed by atoms with van der Waals surface area (Å²) in [5, 5.41) is 0. The molecule has 0 heterocycles. The van der Waals surface area contributed by atoms with Gasteiger partial charge in [-0.2, -0.15) is 0 Å². The molecule has 0 saturated carbocycles. The number of ether oxygens (including phenoxy) is 2. The van der Waals surface area contributed by atoms with Crippen LogP contribution in [0.25, 0.3) is 11.1 Å². The number of rotatable bonds is 6. The largest absolute Gasteiger partial charge is 0.466 e. The van der Waals surface area contributed by atoms with Crippen LogP contribution < -0.4 is 5.73 Å². The van der Waals surface area contributed by atoms with Gasteiger partial charge in [-0.05, 0) is 83.0 Å². The van der Waals surface area contributed by atoms with Crippen molar-refractivity contribution in [1.82, 2.24) is 0 Å². The summed E-state index contributed by atoms with van der Waals surface area (Å²) in [4.78, 5) is 25.1. The second kappa shape index (κ2) is 7.88. The van der Waals surface area contributed by atoms with Gasteiger partial charge in [0.05, 0.1) is 26.1 Å². The number of anilines is 1. The predicted octanol–water partition coefficient (Wildman–Crippen LogP) is 4.05. The monoisotopic (exact) mass is 479 g/mol. The number of carbonyl (C=O) groups excluding carboxylic acids is 2. The third-order valence-corrected chi connectivity index (χ3v) is 5.52. The van der Waals surface area contributed by atoms with Crippen LogP contribution in [-0.2, 0) is 24.5 Å². The third-order valence-electron chi connectivity index (χ3n) is 4.85. The van der Waals surface area contributed by atoms with Gasteiger partial charge in [0.1, 0.15) is 0 Å². The van der Waals surface area contributed by atoms with Gasteiger partial charge in [-0.15, -0.1) is 0 Å². The lowest BCUT2D eigenvalue weighted by Gasteiger charge is -2.30. The SMILES string of the molecule is CCOC(=O)CC1(CC(=O)OCC)c2cc(N)ccc2-c2ccc(I)cc21. The van der Waals surface area contributed by atoms with Crippen molar-refractivity contribution in [2.24, 2.45) is 0 Å². The molecule has 1 aliphatic carbocycles. The standard InChI is InChI=1S/C21H22INO4/c1-3-26-19(24)11-21(12-20(25)27-4-2)17-9-13(22)5-7-15(17)16-8-6-14(23)10-18(16)21/h5-10H,3-4,11-12,23H2,1-2H3. The minimum atomic E-state index is -0.847. The minimum Gasteiger partial charge on any atom is -0.466 e. The van der Waals surface area contributed by atoms with Crippen molar-refractivity contribution in [3.8, 4) is 11.1 Å². The molecule has 3 rings (SSSR count). The molecule has 0 bridgehead atoms. The molecule has 0 spiro atoms. The second-order valence-corrected chi connectivity index (χ2v) is 7.79. The Balaban J connectivity index is 2.23. The van der Waals surface area contributed by atoms with Gasteiger partial charge in [-0.3, -0.25) is 9.59 Å². The molecule has 0 unspecified atom stereocenters. The van der Waals surface area contributed by atoms with Crippen LogP contribution in [0.4, 0.5) is 5.69 Å². The average Bonchev–Trinajstić information content (AvgIpc) is 2.84. The van der Waals surface area contributed by atoms with E-state index in [4.69, 9.17) is 15.2 Å². The summed E-state index contributed by atoms with van der Waals surface area (Å²) in [6.07, 6.45) is 0.117. The van der Waals surface area contributed by atoms with Crippen molar-refractivity contribution in [2.75, 3.05) is 18.9 Å². The van der Waals surface area contributed by atoms with Crippen molar-refractivity contribution < 1.29 is 19.1 Å². The molecule has 0 atom stereocenters. The van der Waals surface area contributed by atoms with E-state index < -0.39 is 5.41 Å². The van der Waals surface area contributed by atoms with E-state index in [2.05, 4.69) is 22.6 Å². The van der Waals surface area contributed by atoms with E-state index in [1.54, 1.807) is 13.8 Å². The normalized spacial score (nSPS) is 13.6. The Bertz CT molecular complexity index is 820. The van der Waals surface area contributed by atoms with E-state index in [1.165, 1.54) is 0 Å². The first kappa shape index (κ1) is 19.7. The number of carbonyl (C=O) groups is 2. The number of nitrogen functional groups attached to an aromatic ring is 1. The van der Waals surface area contributed by atoms with Crippen LogP contribution in [0, 0.1) is 3.57 Å². The van der Waals surface area contributed by atoms with Crippen LogP contribution in [0.1, 0.15) is 37.8 Å². The van der Waals surface area contributed by atoms with Crippen molar-refractivity contribution >= 4 is 40.2 Å². The van der Waals surface area contributed by atoms with Gasteiger partial charge in [-0.25, -0.2) is 0 Å². The molecule has 0 aliphatic heterocycles. The Morgan fingerprint density at radius 2 is 1.44 bits per heavy atom. The van der Waals surface area contributed by atoms with E-state index in [0.717, 1.165) is 25.8 Å². The molecule has 0 fully saturated rings. The molecule has 1 aliphatic rings. The van der Waals surface area contributed by atoms with E-state index in [9.17, 15) is 9.59 Å². The van der Waals surface area contributed by atoms with E-state index in [-0.39, 0.29) is 38.0 Å². The molecule has 0 amide bonds. The maximum Gasteiger partial charge on any atom is 0.307 e. The third kappa shape index (κ3) is 3.67.